The summed E-state index contributed by atoms with van der Waals surface area (Å²) in [6.07, 6.45) is 2.89. The number of hydrogen-bond acceptors (Lipinski definition) is 3. The molecule has 1 aromatic carbocycles. The first-order valence-electron chi connectivity index (χ1n) is 6.52. The Hall–Kier alpha value is -0.200. The number of carbonyl (C=O) groups is 1. The number of nitrogens with one attached hydrogen (secondary N) is 1. The van der Waals surface area contributed by atoms with Gasteiger partial charge >= 0.3 is 6.09 Å². The summed E-state index contributed by atoms with van der Waals surface area (Å²) in [7, 11) is 0. The van der Waals surface area contributed by atoms with Gasteiger partial charge in [-0.15, -0.1) is 0 Å². The van der Waals surface area contributed by atoms with Crippen LogP contribution in [-0.4, -0.2) is 21.6 Å². The van der Waals surface area contributed by atoms with Gasteiger partial charge < -0.3 is 10.1 Å². The molecule has 0 fully saturated rings. The summed E-state index contributed by atoms with van der Waals surface area (Å²) < 4.78 is 5.20. The van der Waals surface area contributed by atoms with Crippen LogP contribution in [0.1, 0.15) is 25.3 Å². The second-order valence-electron chi connectivity index (χ2n) is 4.40. The average molecular weight is 425 g/mol. The van der Waals surface area contributed by atoms with Gasteiger partial charge in [-0.2, -0.15) is 12.6 Å². The molecule has 1 amide bonds. The molecule has 112 valence electrons. The van der Waals surface area contributed by atoms with E-state index in [4.69, 9.17) is 4.74 Å². The van der Waals surface area contributed by atoms with E-state index < -0.39 is 6.09 Å². The molecule has 0 heterocycles. The second kappa shape index (κ2) is 9.68. The van der Waals surface area contributed by atoms with Crippen LogP contribution < -0.4 is 10.1 Å². The number of unbranched alkanes of at least 4 members (excludes halogenated alkanes) is 1. The van der Waals surface area contributed by atoms with Gasteiger partial charge in [0.25, 0.3) is 0 Å². The molecular formula is C14H19Br2NO2S. The van der Waals surface area contributed by atoms with Crippen molar-refractivity contribution < 1.29 is 9.53 Å². The number of thiol groups is 1. The number of amides is 1. The van der Waals surface area contributed by atoms with E-state index in [-0.39, 0.29) is 10.2 Å². The molecule has 1 aromatic rings. The highest BCUT2D eigenvalue weighted by Crippen LogP contribution is 2.15. The molecule has 0 aliphatic carbocycles. The Balaban J connectivity index is 2.45. The first-order chi connectivity index (χ1) is 9.56. The number of benzene rings is 1. The summed E-state index contributed by atoms with van der Waals surface area (Å²) in [5.41, 5.74) is 1.26. The zero-order valence-electron chi connectivity index (χ0n) is 11.3. The third-order valence-electron chi connectivity index (χ3n) is 2.71. The van der Waals surface area contributed by atoms with Crippen LogP contribution >= 0.6 is 44.5 Å². The van der Waals surface area contributed by atoms with E-state index >= 15 is 0 Å². The largest absolute Gasteiger partial charge is 0.413 e. The zero-order chi connectivity index (χ0) is 15.0. The fraction of sp³-hybridized carbons (Fsp3) is 0.500. The Morgan fingerprint density at radius 1 is 1.40 bits per heavy atom. The van der Waals surface area contributed by atoms with Gasteiger partial charge in [-0.05, 0) is 30.5 Å². The molecule has 0 saturated heterocycles. The highest BCUT2D eigenvalue weighted by molar-refractivity contribution is 9.12. The first kappa shape index (κ1) is 17.9. The van der Waals surface area contributed by atoms with Crippen LogP contribution in [0.25, 0.3) is 0 Å². The number of carbonyl (C=O) groups excluding carboxylic acids is 1. The molecule has 0 aliphatic heterocycles. The summed E-state index contributed by atoms with van der Waals surface area (Å²) in [6, 6.07) is 7.60. The molecule has 6 heteroatoms. The van der Waals surface area contributed by atoms with Crippen molar-refractivity contribution in [3.05, 3.63) is 29.8 Å². The van der Waals surface area contributed by atoms with E-state index in [1.54, 1.807) is 0 Å². The third kappa shape index (κ3) is 6.50. The Morgan fingerprint density at radius 2 is 2.05 bits per heavy atom. The quantitative estimate of drug-likeness (QED) is 0.383. The fourth-order valence-corrected chi connectivity index (χ4v) is 2.54. The average Bonchev–Trinajstić information content (AvgIpc) is 2.45. The SMILES string of the molecule is CCCCc1ccc(OC(=O)NC(S)C(Br)CBr)cc1. The molecule has 0 aliphatic rings. The van der Waals surface area contributed by atoms with Crippen molar-refractivity contribution >= 4 is 50.6 Å². The molecule has 0 spiro atoms. The molecule has 3 nitrogen and oxygen atoms in total. The van der Waals surface area contributed by atoms with Crippen LogP contribution in [-0.2, 0) is 6.42 Å². The first-order valence-corrected chi connectivity index (χ1v) is 9.07. The summed E-state index contributed by atoms with van der Waals surface area (Å²) in [4.78, 5) is 11.7. The van der Waals surface area contributed by atoms with E-state index in [1.165, 1.54) is 18.4 Å². The van der Waals surface area contributed by atoms with E-state index in [1.807, 2.05) is 24.3 Å². The van der Waals surface area contributed by atoms with Crippen molar-refractivity contribution in [1.29, 1.82) is 0 Å². The van der Waals surface area contributed by atoms with Gasteiger partial charge in [0, 0.05) is 5.33 Å². The van der Waals surface area contributed by atoms with Crippen LogP contribution in [0.2, 0.25) is 0 Å². The monoisotopic (exact) mass is 423 g/mol. The van der Waals surface area contributed by atoms with Gasteiger partial charge in [-0.25, -0.2) is 4.79 Å². The topological polar surface area (TPSA) is 38.3 Å². The number of halogens is 2. The maximum Gasteiger partial charge on any atom is 0.413 e. The molecule has 0 saturated carbocycles. The predicted octanol–water partition coefficient (Wildman–Crippen LogP) is 4.53. The highest BCUT2D eigenvalue weighted by Gasteiger charge is 2.17. The normalized spacial score (nSPS) is 13.6. The van der Waals surface area contributed by atoms with Crippen molar-refractivity contribution in [3.63, 3.8) is 0 Å². The molecule has 2 atom stereocenters. The molecule has 20 heavy (non-hydrogen) atoms. The van der Waals surface area contributed by atoms with Crippen LogP contribution in [0.3, 0.4) is 0 Å². The van der Waals surface area contributed by atoms with Crippen molar-refractivity contribution in [2.24, 2.45) is 0 Å². The van der Waals surface area contributed by atoms with Gasteiger partial charge in [0.05, 0.1) is 10.2 Å². The lowest BCUT2D eigenvalue weighted by Crippen LogP contribution is -2.39. The highest BCUT2D eigenvalue weighted by atomic mass is 79.9. The Kier molecular flexibility index (Phi) is 8.64. The standard InChI is InChI=1S/C14H19Br2NO2S/c1-2-3-4-10-5-7-11(8-6-10)19-14(18)17-13(20)12(16)9-15/h5-8,12-13,20H,2-4,9H2,1H3,(H,17,18). The Labute approximate surface area is 142 Å². The van der Waals surface area contributed by atoms with E-state index in [0.717, 1.165) is 6.42 Å². The van der Waals surface area contributed by atoms with Crippen LogP contribution in [0.4, 0.5) is 4.79 Å². The van der Waals surface area contributed by atoms with Crippen LogP contribution in [0, 0.1) is 0 Å². The Bertz CT molecular complexity index is 414. The lowest BCUT2D eigenvalue weighted by Gasteiger charge is -2.16. The zero-order valence-corrected chi connectivity index (χ0v) is 15.4. The van der Waals surface area contributed by atoms with Crippen molar-refractivity contribution in [3.8, 4) is 5.75 Å². The maximum absolute atomic E-state index is 11.7. The molecule has 0 aromatic heterocycles. The van der Waals surface area contributed by atoms with E-state index in [0.29, 0.717) is 11.1 Å². The molecule has 0 bridgehead atoms. The van der Waals surface area contributed by atoms with Crippen molar-refractivity contribution in [1.82, 2.24) is 5.32 Å². The van der Waals surface area contributed by atoms with Crippen LogP contribution in [0.15, 0.2) is 24.3 Å². The summed E-state index contributed by atoms with van der Waals surface area (Å²) in [5.74, 6) is 0.535. The number of ether oxygens (including phenoxy) is 1. The minimum atomic E-state index is -0.503. The molecule has 2 unspecified atom stereocenters. The van der Waals surface area contributed by atoms with Gasteiger partial charge in [0.15, 0.2) is 0 Å². The minimum Gasteiger partial charge on any atom is -0.410 e. The molecule has 0 radical (unpaired) electrons. The number of hydrogen-bond donors (Lipinski definition) is 2. The predicted molar refractivity (Wildman–Crippen MR) is 93.5 cm³/mol. The van der Waals surface area contributed by atoms with Gasteiger partial charge in [0.1, 0.15) is 5.75 Å². The number of alkyl halides is 2. The van der Waals surface area contributed by atoms with E-state index in [2.05, 4.69) is 56.7 Å². The van der Waals surface area contributed by atoms with Crippen molar-refractivity contribution in [2.45, 2.75) is 36.4 Å². The minimum absolute atomic E-state index is 0.0369. The smallest absolute Gasteiger partial charge is 0.410 e. The molecule has 1 N–H and O–H groups in total. The van der Waals surface area contributed by atoms with Crippen molar-refractivity contribution in [2.75, 3.05) is 5.33 Å². The lowest BCUT2D eigenvalue weighted by atomic mass is 10.1. The second-order valence-corrected chi connectivity index (χ2v) is 6.78. The van der Waals surface area contributed by atoms with Gasteiger partial charge in [-0.3, -0.25) is 0 Å². The fourth-order valence-electron chi connectivity index (χ4n) is 1.54. The summed E-state index contributed by atoms with van der Waals surface area (Å²) in [6.45, 7) is 2.17. The maximum atomic E-state index is 11.7. The third-order valence-corrected chi connectivity index (χ3v) is 6.03. The molecular weight excluding hydrogens is 406 g/mol. The van der Waals surface area contributed by atoms with E-state index in [9.17, 15) is 4.79 Å². The van der Waals surface area contributed by atoms with Gasteiger partial charge in [0.2, 0.25) is 0 Å². The summed E-state index contributed by atoms with van der Waals surface area (Å²) in [5, 5.41) is 3.03. The Morgan fingerprint density at radius 3 is 2.60 bits per heavy atom. The lowest BCUT2D eigenvalue weighted by molar-refractivity contribution is 0.199. The summed E-state index contributed by atoms with van der Waals surface area (Å²) >= 11 is 11.0. The number of rotatable bonds is 7. The molecule has 1 rings (SSSR count). The number of aryl methyl sites for hydroxylation is 1. The van der Waals surface area contributed by atoms with Gasteiger partial charge in [-0.1, -0.05) is 57.3 Å². The van der Waals surface area contributed by atoms with Crippen LogP contribution in [0.5, 0.6) is 5.75 Å².